The predicted octanol–water partition coefficient (Wildman–Crippen LogP) is 7.13. The van der Waals surface area contributed by atoms with Crippen molar-refractivity contribution in [2.45, 2.75) is 32.6 Å². The molecule has 5 nitrogen and oxygen atoms in total. The molecule has 5 heteroatoms. The molecule has 37 heavy (non-hydrogen) atoms. The van der Waals surface area contributed by atoms with Crippen molar-refractivity contribution < 1.29 is 16.4 Å². The second-order valence-electron chi connectivity index (χ2n) is 8.88. The molecule has 0 radical (unpaired) electrons. The molecule has 3 aromatic carbocycles. The van der Waals surface area contributed by atoms with E-state index < -0.39 is 6.04 Å². The van der Waals surface area contributed by atoms with Crippen molar-refractivity contribution in [1.82, 2.24) is 15.1 Å². The van der Waals surface area contributed by atoms with Crippen molar-refractivity contribution >= 4 is 28.0 Å². The van der Waals surface area contributed by atoms with Gasteiger partial charge in [0.2, 0.25) is 5.91 Å². The Balaban J connectivity index is 1.65. The monoisotopic (exact) mass is 498 g/mol. The number of amides is 1. The Hall–Kier alpha value is -4.12. The minimum absolute atomic E-state index is 0.0257. The van der Waals surface area contributed by atoms with Gasteiger partial charge in [-0.1, -0.05) is 61.4 Å². The normalized spacial score (nSPS) is 14.0. The van der Waals surface area contributed by atoms with Gasteiger partial charge in [0, 0.05) is 19.5 Å². The number of aromatic nitrogens is 2. The molecular formula is C32H35N3O2. The summed E-state index contributed by atoms with van der Waals surface area (Å²) < 4.78 is 47.8. The van der Waals surface area contributed by atoms with E-state index in [1.54, 1.807) is 26.4 Å². The minimum atomic E-state index is -0.412. The van der Waals surface area contributed by atoms with Crippen LogP contribution < -0.4 is 4.74 Å². The molecule has 4 aromatic rings. The van der Waals surface area contributed by atoms with E-state index >= 15 is 0 Å². The third kappa shape index (κ3) is 6.76. The Labute approximate surface area is 226 Å². The third-order valence-electron chi connectivity index (χ3n) is 6.06. The lowest BCUT2D eigenvalue weighted by Gasteiger charge is -2.17. The number of likely N-dealkylation sites (N-methyl/N-ethyl adjacent to an activating group) is 1. The van der Waals surface area contributed by atoms with Gasteiger partial charge in [-0.3, -0.25) is 9.89 Å². The van der Waals surface area contributed by atoms with Crippen LogP contribution in [-0.4, -0.2) is 41.7 Å². The van der Waals surface area contributed by atoms with Crippen LogP contribution in [0.3, 0.4) is 0 Å². The Bertz CT molecular complexity index is 1610. The molecule has 0 saturated heterocycles. The van der Waals surface area contributed by atoms with E-state index in [4.69, 9.17) is 11.6 Å². The highest BCUT2D eigenvalue weighted by molar-refractivity contribution is 6.00. The highest BCUT2D eigenvalue weighted by Crippen LogP contribution is 2.36. The summed E-state index contributed by atoms with van der Waals surface area (Å²) in [6.07, 6.45) is 8.19. The number of rotatable bonds is 11. The fourth-order valence-electron chi connectivity index (χ4n) is 4.10. The van der Waals surface area contributed by atoms with E-state index in [1.165, 1.54) is 4.90 Å². The van der Waals surface area contributed by atoms with Gasteiger partial charge in [-0.05, 0) is 83.9 Å². The number of unbranched alkanes of at least 4 members (excludes halogenated alkanes) is 2. The number of nitrogens with zero attached hydrogens (tertiary/aromatic N) is 2. The highest BCUT2D eigenvalue weighted by Gasteiger charge is 2.14. The molecule has 0 unspecified atom stereocenters. The van der Waals surface area contributed by atoms with Gasteiger partial charge in [-0.2, -0.15) is 5.10 Å². The second kappa shape index (κ2) is 12.7. The van der Waals surface area contributed by atoms with Crippen LogP contribution in [0.5, 0.6) is 5.75 Å². The molecule has 0 spiro atoms. The van der Waals surface area contributed by atoms with Gasteiger partial charge in [0.25, 0.3) is 0 Å². The van der Waals surface area contributed by atoms with E-state index in [2.05, 4.69) is 10.2 Å². The number of fused-ring (bicyclic) bond motifs is 1. The molecule has 0 aliphatic heterocycles. The van der Waals surface area contributed by atoms with Crippen LogP contribution in [0.1, 0.15) is 56.2 Å². The molecule has 1 aromatic heterocycles. The summed E-state index contributed by atoms with van der Waals surface area (Å²) >= 11 is 0. The summed E-state index contributed by atoms with van der Waals surface area (Å²) in [5, 5.41) is 7.99. The van der Waals surface area contributed by atoms with Crippen LogP contribution >= 0.6 is 0 Å². The zero-order valence-corrected chi connectivity index (χ0v) is 21.5. The van der Waals surface area contributed by atoms with Crippen LogP contribution in [0.15, 0.2) is 91.0 Å². The number of ether oxygens (including phenoxy) is 1. The molecule has 0 saturated carbocycles. The summed E-state index contributed by atoms with van der Waals surface area (Å²) in [4.78, 5) is 13.1. The Morgan fingerprint density at radius 3 is 2.51 bits per heavy atom. The van der Waals surface area contributed by atoms with Gasteiger partial charge in [-0.15, -0.1) is 0 Å². The van der Waals surface area contributed by atoms with Crippen LogP contribution in [0.4, 0.5) is 0 Å². The average Bonchev–Trinajstić information content (AvgIpc) is 3.46. The topological polar surface area (TPSA) is 58.2 Å². The number of nitrogens with one attached hydrogen (secondary N) is 1. The lowest BCUT2D eigenvalue weighted by Crippen LogP contribution is -2.18. The molecule has 0 bridgehead atoms. The first kappa shape index (κ1) is 20.0. The maximum Gasteiger partial charge on any atom is 0.245 e. The zero-order chi connectivity index (χ0) is 30.4. The Kier molecular flexibility index (Phi) is 6.88. The van der Waals surface area contributed by atoms with Crippen molar-refractivity contribution in [3.8, 4) is 5.75 Å². The fraction of sp³-hybridized carbons (Fsp3) is 0.250. The quantitative estimate of drug-likeness (QED) is 0.136. The van der Waals surface area contributed by atoms with E-state index in [9.17, 15) is 4.79 Å². The van der Waals surface area contributed by atoms with Crippen molar-refractivity contribution in [3.05, 3.63) is 108 Å². The van der Waals surface area contributed by atoms with Gasteiger partial charge in [-0.25, -0.2) is 0 Å². The first-order valence-electron chi connectivity index (χ1n) is 15.0. The molecule has 0 aliphatic carbocycles. The Morgan fingerprint density at radius 1 is 1.03 bits per heavy atom. The largest absolute Gasteiger partial charge is 0.494 e. The van der Waals surface area contributed by atoms with Gasteiger partial charge >= 0.3 is 0 Å². The number of aromatic amines is 1. The predicted molar refractivity (Wildman–Crippen MR) is 152 cm³/mol. The number of H-pyrrole nitrogens is 1. The van der Waals surface area contributed by atoms with Crippen LogP contribution in [0, 0.1) is 0 Å². The number of carbonyl (C=O) groups is 1. The zero-order valence-electron chi connectivity index (χ0n) is 26.5. The first-order valence-corrected chi connectivity index (χ1v) is 12.5. The third-order valence-corrected chi connectivity index (χ3v) is 6.06. The molecule has 0 atom stereocenters. The average molecular weight is 499 g/mol. The molecule has 190 valence electrons. The molecule has 1 amide bonds. The standard InChI is InChI=1S/C32H35N3O2/c1-4-29(24-12-8-7-9-13-24)32(26-17-20-30-27(22-26)23-33-34-30)25-15-18-28(19-16-25)37-21-11-6-5-10-14-31(36)35(2)3/h7-10,12-20,22-23H,4-6,11,21H2,1-3H3,(H,33,34)/b14-10+,32-29+/i7D,8D,9D,12D,13D. The molecule has 1 heterocycles. The Morgan fingerprint density at radius 2 is 1.78 bits per heavy atom. The van der Waals surface area contributed by atoms with Crippen molar-refractivity contribution in [2.75, 3.05) is 20.7 Å². The first-order chi connectivity index (χ1) is 20.1. The molecule has 0 aliphatic rings. The van der Waals surface area contributed by atoms with E-state index in [0.717, 1.165) is 46.9 Å². The number of hydrogen-bond acceptors (Lipinski definition) is 3. The van der Waals surface area contributed by atoms with E-state index in [-0.39, 0.29) is 35.6 Å². The maximum atomic E-state index is 11.6. The minimum Gasteiger partial charge on any atom is -0.494 e. The smallest absolute Gasteiger partial charge is 0.245 e. The van der Waals surface area contributed by atoms with Gasteiger partial charge in [0.15, 0.2) is 0 Å². The summed E-state index contributed by atoms with van der Waals surface area (Å²) in [5.74, 6) is 0.685. The SMILES string of the molecule is [2H]c1c([2H])c([2H])c(/C(CC)=C(\c2ccc(OCCCC/C=C/C(=O)N(C)C)cc2)c2ccc3[nH]ncc3c2)c([2H])c1[2H]. The van der Waals surface area contributed by atoms with E-state index in [1.807, 2.05) is 55.5 Å². The number of hydrogen-bond donors (Lipinski definition) is 1. The summed E-state index contributed by atoms with van der Waals surface area (Å²) in [6.45, 7) is 2.47. The van der Waals surface area contributed by atoms with Crippen molar-refractivity contribution in [2.24, 2.45) is 0 Å². The lowest BCUT2D eigenvalue weighted by molar-refractivity contribution is -0.123. The fourth-order valence-corrected chi connectivity index (χ4v) is 4.10. The van der Waals surface area contributed by atoms with Crippen molar-refractivity contribution in [1.29, 1.82) is 0 Å². The van der Waals surface area contributed by atoms with Crippen LogP contribution in [0.2, 0.25) is 0 Å². The van der Waals surface area contributed by atoms with Crippen LogP contribution in [0.25, 0.3) is 22.0 Å². The number of benzene rings is 3. The number of allylic oxidation sites excluding steroid dienone is 2. The summed E-state index contributed by atoms with van der Waals surface area (Å²) in [7, 11) is 3.45. The summed E-state index contributed by atoms with van der Waals surface area (Å²) in [6, 6.07) is 11.9. The van der Waals surface area contributed by atoms with E-state index in [0.29, 0.717) is 24.4 Å². The number of carbonyl (C=O) groups excluding carboxylic acids is 1. The molecule has 0 fully saturated rings. The molecular weight excluding hydrogens is 458 g/mol. The van der Waals surface area contributed by atoms with Crippen LogP contribution in [-0.2, 0) is 4.79 Å². The van der Waals surface area contributed by atoms with Gasteiger partial charge in [0.05, 0.1) is 25.2 Å². The molecule has 1 N–H and O–H groups in total. The lowest BCUT2D eigenvalue weighted by atomic mass is 9.88. The summed E-state index contributed by atoms with van der Waals surface area (Å²) in [5.41, 5.74) is 4.20. The van der Waals surface area contributed by atoms with Gasteiger partial charge in [0.1, 0.15) is 5.75 Å². The van der Waals surface area contributed by atoms with Gasteiger partial charge < -0.3 is 9.64 Å². The maximum absolute atomic E-state index is 11.6. The van der Waals surface area contributed by atoms with Crippen molar-refractivity contribution in [3.63, 3.8) is 0 Å². The molecule has 4 rings (SSSR count). The highest BCUT2D eigenvalue weighted by atomic mass is 16.5. The second-order valence-corrected chi connectivity index (χ2v) is 8.88.